The van der Waals surface area contributed by atoms with Gasteiger partial charge >= 0.3 is 0 Å². The fourth-order valence-corrected chi connectivity index (χ4v) is 2.42. The fraction of sp³-hybridized carbons (Fsp3) is 0.538. The van der Waals surface area contributed by atoms with Crippen LogP contribution >= 0.6 is 11.6 Å². The van der Waals surface area contributed by atoms with Crippen molar-refractivity contribution in [3.63, 3.8) is 0 Å². The molecular formula is C13H19ClN4O2. The van der Waals surface area contributed by atoms with E-state index in [1.54, 1.807) is 21.7 Å². The van der Waals surface area contributed by atoms with Gasteiger partial charge in [-0.1, -0.05) is 11.6 Å². The highest BCUT2D eigenvalue weighted by molar-refractivity contribution is 6.31. The quantitative estimate of drug-likeness (QED) is 0.841. The van der Waals surface area contributed by atoms with Crippen molar-refractivity contribution in [2.24, 2.45) is 0 Å². The first-order chi connectivity index (χ1) is 9.61. The van der Waals surface area contributed by atoms with E-state index in [2.05, 4.69) is 10.6 Å². The van der Waals surface area contributed by atoms with Crippen LogP contribution in [0.1, 0.15) is 17.4 Å². The second-order valence-electron chi connectivity index (χ2n) is 4.64. The minimum atomic E-state index is -0.276. The topological polar surface area (TPSA) is 66.4 Å². The van der Waals surface area contributed by atoms with Gasteiger partial charge in [0, 0.05) is 38.9 Å². The number of aromatic nitrogens is 1. The molecule has 1 aromatic rings. The normalized spacial score (nSPS) is 15.2. The molecule has 0 aliphatic carbocycles. The molecule has 1 aliphatic heterocycles. The van der Waals surface area contributed by atoms with Crippen molar-refractivity contribution in [2.45, 2.75) is 13.5 Å². The number of carbonyl (C=O) groups excluding carboxylic acids is 2. The summed E-state index contributed by atoms with van der Waals surface area (Å²) in [6, 6.07) is 1.61. The molecule has 0 radical (unpaired) electrons. The Morgan fingerprint density at radius 3 is 2.75 bits per heavy atom. The summed E-state index contributed by atoms with van der Waals surface area (Å²) < 4.78 is 1.76. The van der Waals surface area contributed by atoms with Gasteiger partial charge in [-0.15, -0.1) is 0 Å². The van der Waals surface area contributed by atoms with Crippen LogP contribution in [0.25, 0.3) is 0 Å². The van der Waals surface area contributed by atoms with Crippen molar-refractivity contribution in [1.29, 1.82) is 0 Å². The highest BCUT2D eigenvalue weighted by atomic mass is 35.5. The largest absolute Gasteiger partial charge is 0.342 e. The predicted molar refractivity (Wildman–Crippen MR) is 76.9 cm³/mol. The monoisotopic (exact) mass is 298 g/mol. The van der Waals surface area contributed by atoms with E-state index in [-0.39, 0.29) is 18.4 Å². The standard InChI is InChI=1S/C13H19ClN4O2/c1-2-17-9-10(14)7-11(17)13(20)16-8-12(19)18-5-3-15-4-6-18/h7,9,15H,2-6,8H2,1H3,(H,16,20). The van der Waals surface area contributed by atoms with Crippen molar-refractivity contribution in [3.05, 3.63) is 23.0 Å². The average Bonchev–Trinajstić information content (AvgIpc) is 2.86. The van der Waals surface area contributed by atoms with Gasteiger partial charge in [0.2, 0.25) is 5.91 Å². The summed E-state index contributed by atoms with van der Waals surface area (Å²) in [5, 5.41) is 6.35. The zero-order valence-electron chi connectivity index (χ0n) is 11.5. The molecule has 7 heteroatoms. The van der Waals surface area contributed by atoms with Crippen molar-refractivity contribution < 1.29 is 9.59 Å². The van der Waals surface area contributed by atoms with E-state index in [0.717, 1.165) is 13.1 Å². The summed E-state index contributed by atoms with van der Waals surface area (Å²) in [6.07, 6.45) is 1.70. The SMILES string of the molecule is CCn1cc(Cl)cc1C(=O)NCC(=O)N1CCNCC1. The number of halogens is 1. The summed E-state index contributed by atoms with van der Waals surface area (Å²) in [5.74, 6) is -0.331. The summed E-state index contributed by atoms with van der Waals surface area (Å²) in [7, 11) is 0. The molecule has 1 fully saturated rings. The van der Waals surface area contributed by atoms with Crippen LogP contribution in [0, 0.1) is 0 Å². The summed E-state index contributed by atoms with van der Waals surface area (Å²) in [4.78, 5) is 25.7. The Balaban J connectivity index is 1.89. The van der Waals surface area contributed by atoms with Crippen LogP contribution in [0.3, 0.4) is 0 Å². The van der Waals surface area contributed by atoms with Crippen LogP contribution in [0.15, 0.2) is 12.3 Å². The third kappa shape index (κ3) is 3.52. The summed E-state index contributed by atoms with van der Waals surface area (Å²) >= 11 is 5.89. The molecule has 1 saturated heterocycles. The number of hydrogen-bond acceptors (Lipinski definition) is 3. The molecule has 2 amide bonds. The molecular weight excluding hydrogens is 280 g/mol. The molecule has 0 spiro atoms. The van der Waals surface area contributed by atoms with Gasteiger partial charge in [-0.25, -0.2) is 0 Å². The van der Waals surface area contributed by atoms with Gasteiger partial charge in [-0.3, -0.25) is 9.59 Å². The van der Waals surface area contributed by atoms with E-state index in [1.807, 2.05) is 6.92 Å². The van der Waals surface area contributed by atoms with Gasteiger partial charge < -0.3 is 20.1 Å². The van der Waals surface area contributed by atoms with Crippen LogP contribution in [0.2, 0.25) is 5.02 Å². The maximum atomic E-state index is 12.1. The number of rotatable bonds is 4. The van der Waals surface area contributed by atoms with Crippen LogP contribution in [-0.4, -0.2) is 54.0 Å². The molecule has 2 N–H and O–H groups in total. The molecule has 2 heterocycles. The number of nitrogens with one attached hydrogen (secondary N) is 2. The van der Waals surface area contributed by atoms with E-state index in [9.17, 15) is 9.59 Å². The first-order valence-corrected chi connectivity index (χ1v) is 7.12. The Bertz CT molecular complexity index is 495. The second-order valence-corrected chi connectivity index (χ2v) is 5.08. The molecule has 1 aromatic heterocycles. The van der Waals surface area contributed by atoms with Crippen molar-refractivity contribution >= 4 is 23.4 Å². The van der Waals surface area contributed by atoms with Crippen LogP contribution in [0.4, 0.5) is 0 Å². The summed E-state index contributed by atoms with van der Waals surface area (Å²) in [6.45, 7) is 5.57. The maximum absolute atomic E-state index is 12.1. The van der Waals surface area contributed by atoms with Gasteiger partial charge in [-0.05, 0) is 13.0 Å². The third-order valence-electron chi connectivity index (χ3n) is 3.31. The minimum Gasteiger partial charge on any atom is -0.342 e. The average molecular weight is 299 g/mol. The molecule has 6 nitrogen and oxygen atoms in total. The van der Waals surface area contributed by atoms with Crippen LogP contribution in [0.5, 0.6) is 0 Å². The Morgan fingerprint density at radius 2 is 2.10 bits per heavy atom. The van der Waals surface area contributed by atoms with E-state index >= 15 is 0 Å². The van der Waals surface area contributed by atoms with Crippen molar-refractivity contribution in [2.75, 3.05) is 32.7 Å². The van der Waals surface area contributed by atoms with E-state index in [1.165, 1.54) is 0 Å². The number of carbonyl (C=O) groups is 2. The number of amides is 2. The van der Waals surface area contributed by atoms with Gasteiger partial charge in [0.05, 0.1) is 11.6 Å². The minimum absolute atomic E-state index is 0.0192. The second kappa shape index (κ2) is 6.76. The highest BCUT2D eigenvalue weighted by Crippen LogP contribution is 2.13. The Labute approximate surface area is 123 Å². The fourth-order valence-electron chi connectivity index (χ4n) is 2.20. The van der Waals surface area contributed by atoms with Crippen molar-refractivity contribution in [1.82, 2.24) is 20.1 Å². The molecule has 0 saturated carbocycles. The smallest absolute Gasteiger partial charge is 0.268 e. The number of nitrogens with zero attached hydrogens (tertiary/aromatic N) is 2. The lowest BCUT2D eigenvalue weighted by molar-refractivity contribution is -0.130. The van der Waals surface area contributed by atoms with E-state index in [0.29, 0.717) is 30.4 Å². The summed E-state index contributed by atoms with van der Waals surface area (Å²) in [5.41, 5.74) is 0.477. The number of aryl methyl sites for hydroxylation is 1. The number of hydrogen-bond donors (Lipinski definition) is 2. The first-order valence-electron chi connectivity index (χ1n) is 6.74. The molecule has 0 aromatic carbocycles. The molecule has 0 unspecified atom stereocenters. The zero-order valence-corrected chi connectivity index (χ0v) is 12.2. The predicted octanol–water partition coefficient (Wildman–Crippen LogP) is 0.323. The Hall–Kier alpha value is -1.53. The Morgan fingerprint density at radius 1 is 1.40 bits per heavy atom. The molecule has 1 aliphatic rings. The third-order valence-corrected chi connectivity index (χ3v) is 3.51. The highest BCUT2D eigenvalue weighted by Gasteiger charge is 2.18. The van der Waals surface area contributed by atoms with E-state index < -0.39 is 0 Å². The van der Waals surface area contributed by atoms with Gasteiger partial charge in [0.1, 0.15) is 5.69 Å². The first kappa shape index (κ1) is 14.9. The van der Waals surface area contributed by atoms with E-state index in [4.69, 9.17) is 11.6 Å². The number of piperazine rings is 1. The van der Waals surface area contributed by atoms with Gasteiger partial charge in [-0.2, -0.15) is 0 Å². The zero-order chi connectivity index (χ0) is 14.5. The lowest BCUT2D eigenvalue weighted by Gasteiger charge is -2.27. The van der Waals surface area contributed by atoms with Crippen LogP contribution < -0.4 is 10.6 Å². The van der Waals surface area contributed by atoms with Gasteiger partial charge in [0.15, 0.2) is 0 Å². The van der Waals surface area contributed by atoms with Crippen LogP contribution in [-0.2, 0) is 11.3 Å². The Kier molecular flexibility index (Phi) is 5.03. The van der Waals surface area contributed by atoms with Gasteiger partial charge in [0.25, 0.3) is 5.91 Å². The molecule has 0 bridgehead atoms. The molecule has 110 valence electrons. The molecule has 0 atom stereocenters. The molecule has 20 heavy (non-hydrogen) atoms. The lowest BCUT2D eigenvalue weighted by Crippen LogP contribution is -2.49. The lowest BCUT2D eigenvalue weighted by atomic mass is 10.3. The van der Waals surface area contributed by atoms with Crippen molar-refractivity contribution in [3.8, 4) is 0 Å². The molecule has 2 rings (SSSR count). The maximum Gasteiger partial charge on any atom is 0.268 e.